The van der Waals surface area contributed by atoms with E-state index in [0.29, 0.717) is 12.8 Å². The second-order valence-corrected chi connectivity index (χ2v) is 12.4. The van der Waals surface area contributed by atoms with E-state index < -0.39 is 33.3 Å². The highest BCUT2D eigenvalue weighted by Crippen LogP contribution is 2.32. The zero-order valence-electron chi connectivity index (χ0n) is 23.1. The fourth-order valence-electron chi connectivity index (χ4n) is 4.19. The number of amides is 2. The number of anilines is 1. The molecule has 0 aliphatic heterocycles. The number of hydrogen-bond acceptors (Lipinski definition) is 4. The number of carbonyl (C=O) groups excluding carboxylic acids is 2. The number of rotatable bonds is 12. The van der Waals surface area contributed by atoms with Gasteiger partial charge in [0.05, 0.1) is 17.5 Å². The molecule has 0 saturated heterocycles. The van der Waals surface area contributed by atoms with Crippen molar-refractivity contribution < 1.29 is 31.2 Å². The quantitative estimate of drug-likeness (QED) is 0.389. The van der Waals surface area contributed by atoms with Crippen LogP contribution in [-0.4, -0.2) is 56.1 Å². The molecule has 1 N–H and O–H groups in total. The Bertz CT molecular complexity index is 1210. The van der Waals surface area contributed by atoms with Gasteiger partial charge in [0, 0.05) is 25.0 Å². The van der Waals surface area contributed by atoms with Crippen LogP contribution < -0.4 is 9.62 Å². The Morgan fingerprint density at radius 2 is 1.62 bits per heavy atom. The van der Waals surface area contributed by atoms with E-state index in [4.69, 9.17) is 0 Å². The van der Waals surface area contributed by atoms with Crippen molar-refractivity contribution in [2.75, 3.05) is 23.7 Å². The molecule has 216 valence electrons. The molecule has 2 amide bonds. The third-order valence-electron chi connectivity index (χ3n) is 5.98. The summed E-state index contributed by atoms with van der Waals surface area (Å²) in [6, 6.07) is 12.9. The van der Waals surface area contributed by atoms with Gasteiger partial charge >= 0.3 is 6.18 Å². The van der Waals surface area contributed by atoms with Crippen molar-refractivity contribution in [3.63, 3.8) is 0 Å². The molecule has 1 unspecified atom stereocenters. The molecule has 0 aliphatic rings. The fraction of sp³-hybridized carbons (Fsp3) is 0.500. The molecular weight excluding hydrogens is 531 g/mol. The molecule has 2 aromatic rings. The van der Waals surface area contributed by atoms with E-state index in [-0.39, 0.29) is 43.4 Å². The van der Waals surface area contributed by atoms with Gasteiger partial charge in [0.2, 0.25) is 21.8 Å². The molecule has 7 nitrogen and oxygen atoms in total. The predicted molar refractivity (Wildman–Crippen MR) is 147 cm³/mol. The molecule has 11 heteroatoms. The first-order chi connectivity index (χ1) is 18.0. The molecule has 0 aromatic heterocycles. The first-order valence-electron chi connectivity index (χ1n) is 12.8. The SMILES string of the molecule is CCC(C(=O)NC(C)(C)C)N(CCc1ccccc1)C(=O)CCCN(c1cccc(C(F)(F)F)c1)S(C)(=O)=O. The van der Waals surface area contributed by atoms with Gasteiger partial charge in [-0.05, 0) is 63.8 Å². The summed E-state index contributed by atoms with van der Waals surface area (Å²) < 4.78 is 65.3. The van der Waals surface area contributed by atoms with Gasteiger partial charge < -0.3 is 10.2 Å². The Hall–Kier alpha value is -3.08. The molecule has 0 heterocycles. The molecule has 0 bridgehead atoms. The van der Waals surface area contributed by atoms with Crippen molar-refractivity contribution >= 4 is 27.5 Å². The van der Waals surface area contributed by atoms with Gasteiger partial charge in [-0.1, -0.05) is 43.3 Å². The summed E-state index contributed by atoms with van der Waals surface area (Å²) in [5.74, 6) is -0.618. The zero-order valence-corrected chi connectivity index (χ0v) is 23.9. The lowest BCUT2D eigenvalue weighted by Gasteiger charge is -2.33. The first-order valence-corrected chi connectivity index (χ1v) is 14.7. The summed E-state index contributed by atoms with van der Waals surface area (Å²) in [4.78, 5) is 28.0. The molecule has 39 heavy (non-hydrogen) atoms. The van der Waals surface area contributed by atoms with E-state index in [0.717, 1.165) is 34.3 Å². The van der Waals surface area contributed by atoms with Gasteiger partial charge in [0.25, 0.3) is 0 Å². The smallest absolute Gasteiger partial charge is 0.350 e. The Balaban J connectivity index is 2.22. The topological polar surface area (TPSA) is 86.8 Å². The van der Waals surface area contributed by atoms with Crippen LogP contribution in [0.15, 0.2) is 54.6 Å². The summed E-state index contributed by atoms with van der Waals surface area (Å²) >= 11 is 0. The third kappa shape index (κ3) is 10.2. The molecule has 2 rings (SSSR count). The van der Waals surface area contributed by atoms with Crippen molar-refractivity contribution in [2.45, 2.75) is 71.1 Å². The maximum atomic E-state index is 13.4. The van der Waals surface area contributed by atoms with Gasteiger partial charge in [0.15, 0.2) is 0 Å². The van der Waals surface area contributed by atoms with E-state index in [9.17, 15) is 31.2 Å². The van der Waals surface area contributed by atoms with Crippen LogP contribution >= 0.6 is 0 Å². The van der Waals surface area contributed by atoms with Crippen LogP contribution in [-0.2, 0) is 32.2 Å². The largest absolute Gasteiger partial charge is 0.416 e. The van der Waals surface area contributed by atoms with Crippen molar-refractivity contribution in [2.24, 2.45) is 0 Å². The number of hydrogen-bond donors (Lipinski definition) is 1. The number of carbonyl (C=O) groups is 2. The second-order valence-electron chi connectivity index (χ2n) is 10.5. The summed E-state index contributed by atoms with van der Waals surface area (Å²) in [6.45, 7) is 7.45. The lowest BCUT2D eigenvalue weighted by atomic mass is 10.0. The molecule has 0 fully saturated rings. The number of alkyl halides is 3. The summed E-state index contributed by atoms with van der Waals surface area (Å²) in [6.07, 6.45) is -2.85. The minimum Gasteiger partial charge on any atom is -0.350 e. The number of nitrogens with zero attached hydrogens (tertiary/aromatic N) is 2. The van der Waals surface area contributed by atoms with E-state index in [1.165, 1.54) is 11.0 Å². The standard InChI is InChI=1S/C28H38F3N3O4S/c1-6-24(26(36)32-27(2,3)4)33(19-17-21-12-8-7-9-13-21)25(35)16-11-18-34(39(5,37)38)23-15-10-14-22(20-23)28(29,30)31/h7-10,12-15,20,24H,6,11,16-19H2,1-5H3,(H,32,36). The van der Waals surface area contributed by atoms with Crippen LogP contribution in [0.5, 0.6) is 0 Å². The maximum Gasteiger partial charge on any atom is 0.416 e. The number of nitrogens with one attached hydrogen (secondary N) is 1. The molecule has 1 atom stereocenters. The van der Waals surface area contributed by atoms with Gasteiger partial charge in [-0.2, -0.15) is 13.2 Å². The minimum atomic E-state index is -4.63. The van der Waals surface area contributed by atoms with E-state index in [1.54, 1.807) is 0 Å². The van der Waals surface area contributed by atoms with Crippen LogP contribution in [0.25, 0.3) is 0 Å². The maximum absolute atomic E-state index is 13.4. The monoisotopic (exact) mass is 569 g/mol. The van der Waals surface area contributed by atoms with Gasteiger partial charge in [0.1, 0.15) is 6.04 Å². The molecular formula is C28H38F3N3O4S. The van der Waals surface area contributed by atoms with Crippen molar-refractivity contribution in [1.82, 2.24) is 10.2 Å². The molecule has 0 spiro atoms. The lowest BCUT2D eigenvalue weighted by molar-refractivity contribution is -0.141. The summed E-state index contributed by atoms with van der Waals surface area (Å²) in [5, 5.41) is 2.92. The fourth-order valence-corrected chi connectivity index (χ4v) is 5.15. The predicted octanol–water partition coefficient (Wildman–Crippen LogP) is 5.02. The molecule has 0 aliphatic carbocycles. The molecule has 0 saturated carbocycles. The first kappa shape index (κ1) is 32.1. The third-order valence-corrected chi connectivity index (χ3v) is 7.18. The highest BCUT2D eigenvalue weighted by molar-refractivity contribution is 7.92. The van der Waals surface area contributed by atoms with E-state index in [1.807, 2.05) is 58.0 Å². The van der Waals surface area contributed by atoms with Crippen LogP contribution in [0.2, 0.25) is 0 Å². The van der Waals surface area contributed by atoms with Crippen LogP contribution in [0, 0.1) is 0 Å². The lowest BCUT2D eigenvalue weighted by Crippen LogP contribution is -2.54. The number of halogens is 3. The Morgan fingerprint density at radius 1 is 0.974 bits per heavy atom. The van der Waals surface area contributed by atoms with Gasteiger partial charge in [-0.25, -0.2) is 8.42 Å². The average Bonchev–Trinajstić information content (AvgIpc) is 2.82. The summed E-state index contributed by atoms with van der Waals surface area (Å²) in [5.41, 5.74) is -0.599. The Labute approximate surface area is 229 Å². The number of benzene rings is 2. The van der Waals surface area contributed by atoms with Crippen LogP contribution in [0.4, 0.5) is 18.9 Å². The summed E-state index contributed by atoms with van der Waals surface area (Å²) in [7, 11) is -3.92. The highest BCUT2D eigenvalue weighted by Gasteiger charge is 2.32. The Kier molecular flexibility index (Phi) is 11.0. The minimum absolute atomic E-state index is 0.0569. The average molecular weight is 570 g/mol. The van der Waals surface area contributed by atoms with Crippen LogP contribution in [0.3, 0.4) is 0 Å². The normalized spacial score (nSPS) is 13.0. The van der Waals surface area contributed by atoms with E-state index in [2.05, 4.69) is 5.32 Å². The second kappa shape index (κ2) is 13.3. The Morgan fingerprint density at radius 3 is 2.15 bits per heavy atom. The van der Waals surface area contributed by atoms with Crippen LogP contribution in [0.1, 0.15) is 58.1 Å². The van der Waals surface area contributed by atoms with Gasteiger partial charge in [-0.3, -0.25) is 13.9 Å². The van der Waals surface area contributed by atoms with Gasteiger partial charge in [-0.15, -0.1) is 0 Å². The van der Waals surface area contributed by atoms with Crippen molar-refractivity contribution in [1.29, 1.82) is 0 Å². The molecule has 2 aromatic carbocycles. The van der Waals surface area contributed by atoms with Crippen molar-refractivity contribution in [3.05, 3.63) is 65.7 Å². The number of sulfonamides is 1. The van der Waals surface area contributed by atoms with Crippen molar-refractivity contribution in [3.8, 4) is 0 Å². The van der Waals surface area contributed by atoms with E-state index >= 15 is 0 Å². The molecule has 0 radical (unpaired) electrons. The highest BCUT2D eigenvalue weighted by atomic mass is 32.2. The zero-order chi connectivity index (χ0) is 29.4.